The molecule has 2 heterocycles. The summed E-state index contributed by atoms with van der Waals surface area (Å²) in [4.78, 5) is 14.6. The first kappa shape index (κ1) is 20.9. The van der Waals surface area contributed by atoms with Crippen LogP contribution in [0.2, 0.25) is 0 Å². The van der Waals surface area contributed by atoms with Crippen LogP contribution in [0.4, 0.5) is 4.79 Å². The van der Waals surface area contributed by atoms with E-state index < -0.39 is 0 Å². The maximum absolute atomic E-state index is 12.7. The first-order chi connectivity index (χ1) is 13.6. The molecule has 0 N–H and O–H groups in total. The van der Waals surface area contributed by atoms with Gasteiger partial charge in [-0.1, -0.05) is 42.0 Å². The number of amides is 1. The minimum atomic E-state index is -0.251. The second kappa shape index (κ2) is 10.1. The van der Waals surface area contributed by atoms with E-state index in [9.17, 15) is 4.79 Å². The third-order valence-electron chi connectivity index (χ3n) is 5.56. The molecule has 0 radical (unpaired) electrons. The number of ether oxygens (including phenoxy) is 3. The lowest BCUT2D eigenvalue weighted by Gasteiger charge is -2.44. The molecule has 2 aliphatic rings. The molecule has 4 unspecified atom stereocenters. The molecule has 0 aliphatic carbocycles. The fourth-order valence-corrected chi connectivity index (χ4v) is 4.21. The summed E-state index contributed by atoms with van der Waals surface area (Å²) in [5, 5.41) is 0. The first-order valence-corrected chi connectivity index (χ1v) is 10.5. The van der Waals surface area contributed by atoms with Gasteiger partial charge < -0.3 is 14.2 Å². The van der Waals surface area contributed by atoms with E-state index >= 15 is 0 Å². The van der Waals surface area contributed by atoms with Crippen molar-refractivity contribution in [1.29, 1.82) is 0 Å². The zero-order chi connectivity index (χ0) is 19.9. The van der Waals surface area contributed by atoms with E-state index in [0.29, 0.717) is 6.61 Å². The van der Waals surface area contributed by atoms with Gasteiger partial charge in [-0.3, -0.25) is 4.90 Å². The van der Waals surface area contributed by atoms with Crippen LogP contribution in [-0.2, 0) is 14.2 Å². The number of rotatable bonds is 5. The van der Waals surface area contributed by atoms with Crippen molar-refractivity contribution >= 4 is 12.2 Å². The Labute approximate surface area is 168 Å². The number of benzene rings is 1. The van der Waals surface area contributed by atoms with Gasteiger partial charge in [-0.25, -0.2) is 4.79 Å². The summed E-state index contributed by atoms with van der Waals surface area (Å²) in [6, 6.07) is 10.3. The van der Waals surface area contributed by atoms with Gasteiger partial charge in [0, 0.05) is 12.6 Å². The monoisotopic (exact) mass is 387 g/mol. The van der Waals surface area contributed by atoms with E-state index in [2.05, 4.69) is 25.1 Å². The fraction of sp³-hybridized carbons (Fsp3) is 0.609. The first-order valence-electron chi connectivity index (χ1n) is 10.5. The molecular weight excluding hydrogens is 354 g/mol. The highest BCUT2D eigenvalue weighted by Crippen LogP contribution is 2.33. The van der Waals surface area contributed by atoms with Crippen molar-refractivity contribution in [3.63, 3.8) is 0 Å². The molecule has 0 bridgehead atoms. The predicted molar refractivity (Wildman–Crippen MR) is 110 cm³/mol. The number of likely N-dealkylation sites (tertiary alicyclic amines) is 1. The van der Waals surface area contributed by atoms with Gasteiger partial charge in [0.15, 0.2) is 6.29 Å². The smallest absolute Gasteiger partial charge is 0.410 e. The molecule has 4 atom stereocenters. The third kappa shape index (κ3) is 5.36. The minimum absolute atomic E-state index is 0.0612. The van der Waals surface area contributed by atoms with Crippen molar-refractivity contribution in [2.24, 2.45) is 0 Å². The van der Waals surface area contributed by atoms with Crippen LogP contribution in [0.25, 0.3) is 6.08 Å². The molecule has 0 aromatic heterocycles. The lowest BCUT2D eigenvalue weighted by atomic mass is 9.88. The number of piperidine rings is 1. The zero-order valence-corrected chi connectivity index (χ0v) is 17.3. The van der Waals surface area contributed by atoms with Crippen LogP contribution in [0, 0.1) is 0 Å². The van der Waals surface area contributed by atoms with Crippen LogP contribution >= 0.6 is 0 Å². The standard InChI is InChI=1S/C23H33NO4/c1-4-26-23(25)24-17(2)14-20(15-19-10-6-5-7-11-19)16-21(24)18(3)28-22-12-8-9-13-27-22/h5-7,10-11,15,17-18,21-22H,4,8-9,12-14,16H2,1-3H3. The Morgan fingerprint density at radius 1 is 1.29 bits per heavy atom. The Balaban J connectivity index is 1.78. The Hall–Kier alpha value is -1.85. The molecule has 0 spiro atoms. The Morgan fingerprint density at radius 2 is 2.07 bits per heavy atom. The van der Waals surface area contributed by atoms with Crippen molar-refractivity contribution in [2.45, 2.75) is 77.4 Å². The molecule has 1 aromatic carbocycles. The average Bonchev–Trinajstić information content (AvgIpc) is 2.69. The topological polar surface area (TPSA) is 48.0 Å². The van der Waals surface area contributed by atoms with Gasteiger partial charge >= 0.3 is 6.09 Å². The second-order valence-electron chi connectivity index (χ2n) is 7.78. The molecular formula is C23H33NO4. The van der Waals surface area contributed by atoms with Crippen molar-refractivity contribution in [3.05, 3.63) is 41.5 Å². The van der Waals surface area contributed by atoms with Crippen LogP contribution in [-0.4, -0.2) is 48.7 Å². The Kier molecular flexibility index (Phi) is 7.51. The average molecular weight is 388 g/mol. The van der Waals surface area contributed by atoms with E-state index in [4.69, 9.17) is 14.2 Å². The molecule has 28 heavy (non-hydrogen) atoms. The summed E-state index contributed by atoms with van der Waals surface area (Å²) < 4.78 is 17.4. The van der Waals surface area contributed by atoms with Crippen LogP contribution in [0.1, 0.15) is 58.4 Å². The van der Waals surface area contributed by atoms with Crippen molar-refractivity contribution in [2.75, 3.05) is 13.2 Å². The molecule has 2 aliphatic heterocycles. The largest absolute Gasteiger partial charge is 0.450 e. The molecule has 5 heteroatoms. The second-order valence-corrected chi connectivity index (χ2v) is 7.78. The Morgan fingerprint density at radius 3 is 2.75 bits per heavy atom. The van der Waals surface area contributed by atoms with Crippen LogP contribution in [0.15, 0.2) is 35.9 Å². The molecule has 1 amide bonds. The molecule has 2 saturated heterocycles. The molecule has 154 valence electrons. The summed E-state index contributed by atoms with van der Waals surface area (Å²) in [5.41, 5.74) is 2.53. The Bertz CT molecular complexity index is 654. The van der Waals surface area contributed by atoms with E-state index in [0.717, 1.165) is 38.7 Å². The van der Waals surface area contributed by atoms with Crippen LogP contribution in [0.5, 0.6) is 0 Å². The third-order valence-corrected chi connectivity index (χ3v) is 5.56. The highest BCUT2D eigenvalue weighted by molar-refractivity contribution is 5.69. The number of carbonyl (C=O) groups excluding carboxylic acids is 1. The predicted octanol–water partition coefficient (Wildman–Crippen LogP) is 5.01. The molecule has 5 nitrogen and oxygen atoms in total. The quantitative estimate of drug-likeness (QED) is 0.712. The van der Waals surface area contributed by atoms with Crippen molar-refractivity contribution in [3.8, 4) is 0 Å². The van der Waals surface area contributed by atoms with Gasteiger partial charge in [0.05, 0.1) is 18.8 Å². The van der Waals surface area contributed by atoms with Gasteiger partial charge in [0.1, 0.15) is 0 Å². The van der Waals surface area contributed by atoms with Gasteiger partial charge in [0.2, 0.25) is 0 Å². The highest BCUT2D eigenvalue weighted by Gasteiger charge is 2.39. The highest BCUT2D eigenvalue weighted by atomic mass is 16.7. The van der Waals surface area contributed by atoms with Crippen LogP contribution in [0.3, 0.4) is 0 Å². The molecule has 3 rings (SSSR count). The lowest BCUT2D eigenvalue weighted by Crippen LogP contribution is -2.55. The van der Waals surface area contributed by atoms with Crippen molar-refractivity contribution in [1.82, 2.24) is 4.90 Å². The number of carbonyl (C=O) groups is 1. The zero-order valence-electron chi connectivity index (χ0n) is 17.3. The van der Waals surface area contributed by atoms with Gasteiger partial charge in [-0.05, 0) is 58.4 Å². The SMILES string of the molecule is CCOC(=O)N1C(C)CC(=Cc2ccccc2)CC1C(C)OC1CCCCO1. The molecule has 1 aromatic rings. The summed E-state index contributed by atoms with van der Waals surface area (Å²) in [5.74, 6) is 0. The summed E-state index contributed by atoms with van der Waals surface area (Å²) in [7, 11) is 0. The summed E-state index contributed by atoms with van der Waals surface area (Å²) in [6.45, 7) is 7.11. The number of nitrogens with zero attached hydrogens (tertiary/aromatic N) is 1. The molecule has 2 fully saturated rings. The van der Waals surface area contributed by atoms with E-state index in [-0.39, 0.29) is 30.6 Å². The number of hydrogen-bond donors (Lipinski definition) is 0. The lowest BCUT2D eigenvalue weighted by molar-refractivity contribution is -0.197. The maximum atomic E-state index is 12.7. The summed E-state index contributed by atoms with van der Waals surface area (Å²) in [6.07, 6.45) is 6.45. The minimum Gasteiger partial charge on any atom is -0.450 e. The maximum Gasteiger partial charge on any atom is 0.410 e. The summed E-state index contributed by atoms with van der Waals surface area (Å²) >= 11 is 0. The fourth-order valence-electron chi connectivity index (χ4n) is 4.21. The van der Waals surface area contributed by atoms with Gasteiger partial charge in [0.25, 0.3) is 0 Å². The number of hydrogen-bond acceptors (Lipinski definition) is 4. The normalized spacial score (nSPS) is 28.2. The molecule has 0 saturated carbocycles. The van der Waals surface area contributed by atoms with E-state index in [1.807, 2.05) is 36.9 Å². The van der Waals surface area contributed by atoms with Crippen molar-refractivity contribution < 1.29 is 19.0 Å². The van der Waals surface area contributed by atoms with Gasteiger partial charge in [-0.15, -0.1) is 0 Å². The van der Waals surface area contributed by atoms with Gasteiger partial charge in [-0.2, -0.15) is 0 Å². The van der Waals surface area contributed by atoms with Crippen LogP contribution < -0.4 is 0 Å². The van der Waals surface area contributed by atoms with E-state index in [1.54, 1.807) is 0 Å². The van der Waals surface area contributed by atoms with E-state index in [1.165, 1.54) is 11.1 Å².